The molecule has 24 heavy (non-hydrogen) atoms. The Kier molecular flexibility index (Phi) is 6.32. The lowest BCUT2D eigenvalue weighted by molar-refractivity contribution is 0.0950. The Balaban J connectivity index is 2.00. The molecule has 0 aliphatic heterocycles. The molecule has 1 heterocycles. The zero-order valence-corrected chi connectivity index (χ0v) is 14.8. The molecule has 1 amide bonds. The summed E-state index contributed by atoms with van der Waals surface area (Å²) < 4.78 is 0. The zero-order valence-electron chi connectivity index (χ0n) is 14.8. The van der Waals surface area contributed by atoms with Gasteiger partial charge in [0, 0.05) is 25.0 Å². The van der Waals surface area contributed by atoms with Crippen molar-refractivity contribution < 1.29 is 4.79 Å². The van der Waals surface area contributed by atoms with Crippen molar-refractivity contribution in [1.29, 1.82) is 0 Å². The fraction of sp³-hybridized carbons (Fsp3) is 0.368. The Bertz CT molecular complexity index is 665. The Morgan fingerprint density at radius 2 is 1.83 bits per heavy atom. The van der Waals surface area contributed by atoms with Gasteiger partial charge in [0.15, 0.2) is 0 Å². The van der Waals surface area contributed by atoms with Gasteiger partial charge in [0.25, 0.3) is 5.91 Å². The summed E-state index contributed by atoms with van der Waals surface area (Å²) >= 11 is 0. The van der Waals surface area contributed by atoms with Crippen molar-refractivity contribution in [2.75, 3.05) is 32.5 Å². The van der Waals surface area contributed by atoms with Crippen molar-refractivity contribution in [3.8, 4) is 0 Å². The molecule has 2 rings (SSSR count). The van der Waals surface area contributed by atoms with Gasteiger partial charge in [-0.25, -0.2) is 0 Å². The average Bonchev–Trinajstić information content (AvgIpc) is 2.55. The first-order valence-corrected chi connectivity index (χ1v) is 8.20. The van der Waals surface area contributed by atoms with Crippen molar-refractivity contribution in [2.45, 2.75) is 19.8 Å². The summed E-state index contributed by atoms with van der Waals surface area (Å²) in [6, 6.07) is 10.1. The van der Waals surface area contributed by atoms with Gasteiger partial charge in [-0.1, -0.05) is 26.0 Å². The minimum Gasteiger partial charge on any atom is -0.354 e. The van der Waals surface area contributed by atoms with Gasteiger partial charge in [-0.2, -0.15) is 0 Å². The third-order valence-electron chi connectivity index (χ3n) is 3.71. The van der Waals surface area contributed by atoms with Crippen LogP contribution < -0.4 is 10.6 Å². The van der Waals surface area contributed by atoms with Crippen LogP contribution >= 0.6 is 0 Å². The number of pyridine rings is 1. The molecule has 0 radical (unpaired) electrons. The summed E-state index contributed by atoms with van der Waals surface area (Å²) in [7, 11) is 3.95. The number of rotatable bonds is 7. The molecule has 0 atom stereocenters. The molecule has 0 bridgehead atoms. The number of nitrogens with zero attached hydrogens (tertiary/aromatic N) is 2. The molecule has 1 aromatic heterocycles. The standard InChI is InChI=1S/C19H26N4O/c1-14(2)15-5-7-17(8-6-15)22-18-11-16(12-20-13-18)19(24)21-9-10-23(3)4/h5-8,11-14,22H,9-10H2,1-4H3,(H,21,24). The molecule has 0 aliphatic rings. The van der Waals surface area contributed by atoms with Crippen molar-refractivity contribution in [1.82, 2.24) is 15.2 Å². The maximum Gasteiger partial charge on any atom is 0.252 e. The van der Waals surface area contributed by atoms with E-state index in [9.17, 15) is 4.79 Å². The number of hydrogen-bond donors (Lipinski definition) is 2. The van der Waals surface area contributed by atoms with E-state index < -0.39 is 0 Å². The molecule has 0 saturated carbocycles. The predicted molar refractivity (Wildman–Crippen MR) is 98.9 cm³/mol. The maximum atomic E-state index is 12.2. The van der Waals surface area contributed by atoms with E-state index in [0.29, 0.717) is 18.0 Å². The van der Waals surface area contributed by atoms with Crippen LogP contribution in [0.1, 0.15) is 35.7 Å². The maximum absolute atomic E-state index is 12.2. The molecule has 5 nitrogen and oxygen atoms in total. The molecule has 0 saturated heterocycles. The summed E-state index contributed by atoms with van der Waals surface area (Å²) in [5, 5.41) is 6.18. The van der Waals surface area contributed by atoms with E-state index in [-0.39, 0.29) is 5.91 Å². The average molecular weight is 326 g/mol. The number of hydrogen-bond acceptors (Lipinski definition) is 4. The number of carbonyl (C=O) groups excluding carboxylic acids is 1. The van der Waals surface area contributed by atoms with Crippen molar-refractivity contribution >= 4 is 17.3 Å². The molecule has 2 N–H and O–H groups in total. The minimum atomic E-state index is -0.108. The van der Waals surface area contributed by atoms with E-state index in [1.807, 2.05) is 37.2 Å². The van der Waals surface area contributed by atoms with E-state index >= 15 is 0 Å². The first-order valence-electron chi connectivity index (χ1n) is 8.20. The molecule has 0 fully saturated rings. The Labute approximate surface area is 144 Å². The van der Waals surface area contributed by atoms with E-state index in [4.69, 9.17) is 0 Å². The first kappa shape index (κ1) is 17.9. The van der Waals surface area contributed by atoms with Crippen LogP contribution in [0.15, 0.2) is 42.7 Å². The summed E-state index contributed by atoms with van der Waals surface area (Å²) in [5.41, 5.74) is 3.63. The molecule has 0 aliphatic carbocycles. The van der Waals surface area contributed by atoms with Crippen LogP contribution in [0.3, 0.4) is 0 Å². The number of amides is 1. The molecule has 2 aromatic rings. The summed E-state index contributed by atoms with van der Waals surface area (Å²) in [6.07, 6.45) is 3.30. The number of anilines is 2. The van der Waals surface area contributed by atoms with E-state index in [0.717, 1.165) is 17.9 Å². The molecular weight excluding hydrogens is 300 g/mol. The van der Waals surface area contributed by atoms with Gasteiger partial charge in [0.1, 0.15) is 0 Å². The second-order valence-corrected chi connectivity index (χ2v) is 6.42. The number of aromatic nitrogens is 1. The number of benzene rings is 1. The van der Waals surface area contributed by atoms with Crippen LogP contribution in [0.4, 0.5) is 11.4 Å². The van der Waals surface area contributed by atoms with Crippen LogP contribution in [-0.4, -0.2) is 43.0 Å². The van der Waals surface area contributed by atoms with Gasteiger partial charge in [0.05, 0.1) is 17.4 Å². The molecule has 0 spiro atoms. The number of likely N-dealkylation sites (N-methyl/N-ethyl adjacent to an activating group) is 1. The van der Waals surface area contributed by atoms with Gasteiger partial charge >= 0.3 is 0 Å². The fourth-order valence-corrected chi connectivity index (χ4v) is 2.25. The normalized spacial score (nSPS) is 10.9. The minimum absolute atomic E-state index is 0.108. The van der Waals surface area contributed by atoms with Crippen molar-refractivity contribution in [2.24, 2.45) is 0 Å². The molecule has 5 heteroatoms. The number of nitrogens with one attached hydrogen (secondary N) is 2. The van der Waals surface area contributed by atoms with Crippen LogP contribution in [0, 0.1) is 0 Å². The molecule has 1 aromatic carbocycles. The Hall–Kier alpha value is -2.40. The summed E-state index contributed by atoms with van der Waals surface area (Å²) in [4.78, 5) is 18.3. The van der Waals surface area contributed by atoms with Crippen molar-refractivity contribution in [3.63, 3.8) is 0 Å². The summed E-state index contributed by atoms with van der Waals surface area (Å²) in [6.45, 7) is 5.76. The molecular formula is C19H26N4O. The highest BCUT2D eigenvalue weighted by Crippen LogP contribution is 2.20. The highest BCUT2D eigenvalue weighted by atomic mass is 16.1. The van der Waals surface area contributed by atoms with Gasteiger partial charge < -0.3 is 15.5 Å². The van der Waals surface area contributed by atoms with E-state index in [1.54, 1.807) is 12.4 Å². The Morgan fingerprint density at radius 1 is 1.12 bits per heavy atom. The highest BCUT2D eigenvalue weighted by molar-refractivity contribution is 5.94. The fourth-order valence-electron chi connectivity index (χ4n) is 2.25. The Morgan fingerprint density at radius 3 is 2.46 bits per heavy atom. The topological polar surface area (TPSA) is 57.3 Å². The van der Waals surface area contributed by atoms with Crippen LogP contribution in [0.5, 0.6) is 0 Å². The highest BCUT2D eigenvalue weighted by Gasteiger charge is 2.07. The first-order chi connectivity index (χ1) is 11.5. The largest absolute Gasteiger partial charge is 0.354 e. The predicted octanol–water partition coefficient (Wildman–Crippen LogP) is 3.24. The monoisotopic (exact) mass is 326 g/mol. The lowest BCUT2D eigenvalue weighted by Crippen LogP contribution is -2.31. The molecule has 0 unspecified atom stereocenters. The SMILES string of the molecule is CC(C)c1ccc(Nc2cncc(C(=O)NCCN(C)C)c2)cc1. The van der Waals surface area contributed by atoms with Gasteiger partial charge in [-0.15, -0.1) is 0 Å². The van der Waals surface area contributed by atoms with Gasteiger partial charge in [-0.3, -0.25) is 9.78 Å². The summed E-state index contributed by atoms with van der Waals surface area (Å²) in [5.74, 6) is 0.401. The molecule has 128 valence electrons. The van der Waals surface area contributed by atoms with E-state index in [1.165, 1.54) is 5.56 Å². The lowest BCUT2D eigenvalue weighted by Gasteiger charge is -2.12. The van der Waals surface area contributed by atoms with Crippen LogP contribution in [-0.2, 0) is 0 Å². The number of carbonyl (C=O) groups is 1. The second kappa shape index (κ2) is 8.45. The second-order valence-electron chi connectivity index (χ2n) is 6.42. The van der Waals surface area contributed by atoms with Gasteiger partial charge in [-0.05, 0) is 43.8 Å². The van der Waals surface area contributed by atoms with E-state index in [2.05, 4.69) is 41.6 Å². The van der Waals surface area contributed by atoms with Gasteiger partial charge in [0.2, 0.25) is 0 Å². The smallest absolute Gasteiger partial charge is 0.252 e. The quantitative estimate of drug-likeness (QED) is 0.820. The third kappa shape index (κ3) is 5.35. The third-order valence-corrected chi connectivity index (χ3v) is 3.71. The lowest BCUT2D eigenvalue weighted by atomic mass is 10.0. The van der Waals surface area contributed by atoms with Crippen LogP contribution in [0.2, 0.25) is 0 Å². The zero-order chi connectivity index (χ0) is 17.5. The van der Waals surface area contributed by atoms with Crippen LogP contribution in [0.25, 0.3) is 0 Å². The van der Waals surface area contributed by atoms with Crippen molar-refractivity contribution in [3.05, 3.63) is 53.9 Å².